The Morgan fingerprint density at radius 1 is 1.00 bits per heavy atom. The summed E-state index contributed by atoms with van der Waals surface area (Å²) in [5.41, 5.74) is 4.23. The molecule has 0 aliphatic carbocycles. The van der Waals surface area contributed by atoms with Crippen molar-refractivity contribution >= 4 is 23.2 Å². The molecule has 0 fully saturated rings. The van der Waals surface area contributed by atoms with Crippen LogP contribution in [0.3, 0.4) is 0 Å². The van der Waals surface area contributed by atoms with E-state index in [4.69, 9.17) is 23.2 Å². The van der Waals surface area contributed by atoms with Crippen molar-refractivity contribution in [3.05, 3.63) is 34.9 Å². The van der Waals surface area contributed by atoms with E-state index in [9.17, 15) is 0 Å². The van der Waals surface area contributed by atoms with Crippen LogP contribution >= 0.6 is 23.2 Å². The Hall–Kier alpha value is -0.200. The third-order valence-electron chi connectivity index (χ3n) is 2.88. The van der Waals surface area contributed by atoms with Crippen LogP contribution in [0.2, 0.25) is 0 Å². The fourth-order valence-corrected chi connectivity index (χ4v) is 2.55. The van der Waals surface area contributed by atoms with Crippen LogP contribution < -0.4 is 0 Å². The lowest BCUT2D eigenvalue weighted by Crippen LogP contribution is -2.09. The molecule has 0 bridgehead atoms. The Labute approximate surface area is 115 Å². The largest absolute Gasteiger partial charge is 0.123 e. The van der Waals surface area contributed by atoms with Gasteiger partial charge in [-0.25, -0.2) is 0 Å². The predicted molar refractivity (Wildman–Crippen MR) is 78.5 cm³/mol. The van der Waals surface area contributed by atoms with Gasteiger partial charge in [0.25, 0.3) is 0 Å². The molecule has 0 saturated carbocycles. The normalized spacial score (nSPS) is 14.6. The van der Waals surface area contributed by atoms with E-state index in [0.29, 0.717) is 0 Å². The van der Waals surface area contributed by atoms with Crippen LogP contribution in [-0.2, 0) is 19.3 Å². The summed E-state index contributed by atoms with van der Waals surface area (Å²) in [7, 11) is 0. The summed E-state index contributed by atoms with van der Waals surface area (Å²) in [5, 5.41) is 0.355. The molecule has 2 atom stereocenters. The van der Waals surface area contributed by atoms with Crippen molar-refractivity contribution < 1.29 is 0 Å². The molecule has 0 amide bonds. The Balaban J connectivity index is 3.04. The minimum atomic E-state index is 0.177. The van der Waals surface area contributed by atoms with Crippen molar-refractivity contribution in [3.63, 3.8) is 0 Å². The summed E-state index contributed by atoms with van der Waals surface area (Å²) in [6.45, 7) is 6.31. The minimum Gasteiger partial charge on any atom is -0.123 e. The molecule has 1 aromatic carbocycles. The van der Waals surface area contributed by atoms with Crippen molar-refractivity contribution in [3.8, 4) is 0 Å². The van der Waals surface area contributed by atoms with Crippen LogP contribution in [0.4, 0.5) is 0 Å². The number of rotatable bonds is 6. The SMILES string of the molecule is CCCc1cccc(CC(C)Cl)c1CC(C)Cl. The second kappa shape index (κ2) is 7.28. The lowest BCUT2D eigenvalue weighted by atomic mass is 9.92. The van der Waals surface area contributed by atoms with E-state index >= 15 is 0 Å². The number of halogens is 2. The van der Waals surface area contributed by atoms with Crippen LogP contribution in [0, 0.1) is 0 Å². The molecule has 96 valence electrons. The van der Waals surface area contributed by atoms with Gasteiger partial charge in [-0.1, -0.05) is 31.5 Å². The van der Waals surface area contributed by atoms with Crippen LogP contribution in [0.1, 0.15) is 43.9 Å². The first-order valence-corrected chi connectivity index (χ1v) is 7.29. The van der Waals surface area contributed by atoms with Gasteiger partial charge in [-0.2, -0.15) is 0 Å². The Kier molecular flexibility index (Phi) is 6.37. The van der Waals surface area contributed by atoms with Gasteiger partial charge in [0, 0.05) is 10.8 Å². The quantitative estimate of drug-likeness (QED) is 0.641. The number of hydrogen-bond acceptors (Lipinski definition) is 0. The molecule has 0 radical (unpaired) electrons. The lowest BCUT2D eigenvalue weighted by molar-refractivity contribution is 0.832. The number of alkyl halides is 2. The zero-order valence-corrected chi connectivity index (χ0v) is 12.5. The van der Waals surface area contributed by atoms with E-state index in [1.54, 1.807) is 0 Å². The van der Waals surface area contributed by atoms with Gasteiger partial charge in [-0.05, 0) is 49.8 Å². The van der Waals surface area contributed by atoms with Gasteiger partial charge in [0.15, 0.2) is 0 Å². The molecule has 0 heterocycles. The van der Waals surface area contributed by atoms with Crippen molar-refractivity contribution in [2.75, 3.05) is 0 Å². The zero-order chi connectivity index (χ0) is 12.8. The van der Waals surface area contributed by atoms with Crippen molar-refractivity contribution in [2.24, 2.45) is 0 Å². The van der Waals surface area contributed by atoms with Gasteiger partial charge >= 0.3 is 0 Å². The van der Waals surface area contributed by atoms with Gasteiger partial charge in [-0.3, -0.25) is 0 Å². The van der Waals surface area contributed by atoms with E-state index in [2.05, 4.69) is 32.0 Å². The van der Waals surface area contributed by atoms with Crippen molar-refractivity contribution in [1.82, 2.24) is 0 Å². The molecule has 0 aliphatic rings. The Bertz CT molecular complexity index is 343. The number of benzene rings is 1. The van der Waals surface area contributed by atoms with Crippen LogP contribution in [-0.4, -0.2) is 10.8 Å². The first-order chi connectivity index (χ1) is 8.04. The summed E-state index contributed by atoms with van der Waals surface area (Å²) in [6.07, 6.45) is 4.17. The van der Waals surface area contributed by atoms with E-state index in [1.807, 2.05) is 6.92 Å². The second-order valence-electron chi connectivity index (χ2n) is 4.77. The number of hydrogen-bond donors (Lipinski definition) is 0. The van der Waals surface area contributed by atoms with Gasteiger partial charge in [0.2, 0.25) is 0 Å². The highest BCUT2D eigenvalue weighted by molar-refractivity contribution is 6.20. The zero-order valence-electron chi connectivity index (χ0n) is 11.0. The molecule has 1 aromatic rings. The molecule has 0 nitrogen and oxygen atoms in total. The summed E-state index contributed by atoms with van der Waals surface area (Å²) in [4.78, 5) is 0. The third-order valence-corrected chi connectivity index (χ3v) is 3.18. The Morgan fingerprint density at radius 3 is 2.12 bits per heavy atom. The second-order valence-corrected chi connectivity index (χ2v) is 6.26. The van der Waals surface area contributed by atoms with Gasteiger partial charge in [0.05, 0.1) is 0 Å². The average molecular weight is 273 g/mol. The minimum absolute atomic E-state index is 0.177. The molecule has 2 unspecified atom stereocenters. The summed E-state index contributed by atoms with van der Waals surface area (Å²) in [5.74, 6) is 0. The Morgan fingerprint density at radius 2 is 1.59 bits per heavy atom. The van der Waals surface area contributed by atoms with E-state index < -0.39 is 0 Å². The molecule has 0 aliphatic heterocycles. The fraction of sp³-hybridized carbons (Fsp3) is 0.600. The summed E-state index contributed by atoms with van der Waals surface area (Å²) < 4.78 is 0. The topological polar surface area (TPSA) is 0 Å². The van der Waals surface area contributed by atoms with Crippen LogP contribution in [0.15, 0.2) is 18.2 Å². The first kappa shape index (κ1) is 14.9. The molecule has 2 heteroatoms. The molecule has 1 rings (SSSR count). The van der Waals surface area contributed by atoms with Gasteiger partial charge in [-0.15, -0.1) is 23.2 Å². The van der Waals surface area contributed by atoms with Crippen molar-refractivity contribution in [2.45, 2.75) is 57.2 Å². The van der Waals surface area contributed by atoms with E-state index in [-0.39, 0.29) is 10.8 Å². The molecular weight excluding hydrogens is 251 g/mol. The maximum absolute atomic E-state index is 6.16. The van der Waals surface area contributed by atoms with Gasteiger partial charge < -0.3 is 0 Å². The average Bonchev–Trinajstić information content (AvgIpc) is 2.21. The molecule has 0 N–H and O–H groups in total. The van der Waals surface area contributed by atoms with E-state index in [1.165, 1.54) is 23.1 Å². The fourth-order valence-electron chi connectivity index (χ4n) is 2.23. The predicted octanol–water partition coefficient (Wildman–Crippen LogP) is 4.98. The van der Waals surface area contributed by atoms with Crippen LogP contribution in [0.5, 0.6) is 0 Å². The molecular formula is C15H22Cl2. The maximum Gasteiger partial charge on any atom is 0.0348 e. The van der Waals surface area contributed by atoms with Crippen LogP contribution in [0.25, 0.3) is 0 Å². The van der Waals surface area contributed by atoms with E-state index in [0.717, 1.165) is 19.3 Å². The van der Waals surface area contributed by atoms with Crippen molar-refractivity contribution in [1.29, 1.82) is 0 Å². The maximum atomic E-state index is 6.16. The molecule has 0 aromatic heterocycles. The standard InChI is InChI=1S/C15H22Cl2/c1-4-6-13-7-5-8-14(9-11(2)16)15(13)10-12(3)17/h5,7-8,11-12H,4,6,9-10H2,1-3H3. The molecule has 17 heavy (non-hydrogen) atoms. The monoisotopic (exact) mass is 272 g/mol. The third kappa shape index (κ3) is 4.89. The number of aryl methyl sites for hydroxylation is 1. The highest BCUT2D eigenvalue weighted by Gasteiger charge is 2.12. The van der Waals surface area contributed by atoms with Gasteiger partial charge in [0.1, 0.15) is 0 Å². The summed E-state index contributed by atoms with van der Waals surface area (Å²) in [6, 6.07) is 6.55. The molecule has 0 spiro atoms. The summed E-state index contributed by atoms with van der Waals surface area (Å²) >= 11 is 12.3. The lowest BCUT2D eigenvalue weighted by Gasteiger charge is -2.16. The highest BCUT2D eigenvalue weighted by atomic mass is 35.5. The first-order valence-electron chi connectivity index (χ1n) is 6.42. The molecule has 0 saturated heterocycles. The highest BCUT2D eigenvalue weighted by Crippen LogP contribution is 2.22. The smallest absolute Gasteiger partial charge is 0.0348 e.